The van der Waals surface area contributed by atoms with Crippen molar-refractivity contribution in [1.29, 1.82) is 0 Å². The molecule has 16 heavy (non-hydrogen) atoms. The largest absolute Gasteiger partial charge is 0.352 e. The van der Waals surface area contributed by atoms with E-state index in [0.29, 0.717) is 6.42 Å². The highest BCUT2D eigenvalue weighted by molar-refractivity contribution is 5.78. The third kappa shape index (κ3) is 3.31. The minimum atomic E-state index is 0.0849. The Kier molecular flexibility index (Phi) is 3.88. The van der Waals surface area contributed by atoms with Gasteiger partial charge in [-0.25, -0.2) is 0 Å². The molecule has 0 aliphatic carbocycles. The lowest BCUT2D eigenvalue weighted by molar-refractivity contribution is -0.121. The fourth-order valence-corrected chi connectivity index (χ4v) is 1.94. The Morgan fingerprint density at radius 2 is 2.56 bits per heavy atom. The van der Waals surface area contributed by atoms with Gasteiger partial charge < -0.3 is 10.6 Å². The highest BCUT2D eigenvalue weighted by Gasteiger charge is 2.15. The maximum absolute atomic E-state index is 11.7. The maximum atomic E-state index is 11.7. The molecule has 0 saturated carbocycles. The molecule has 0 aromatic carbocycles. The van der Waals surface area contributed by atoms with Crippen LogP contribution in [0, 0.1) is 0 Å². The number of nitrogens with zero attached hydrogens (tertiary/aromatic N) is 1. The quantitative estimate of drug-likeness (QED) is 0.778. The van der Waals surface area contributed by atoms with Crippen LogP contribution in [-0.2, 0) is 11.2 Å². The summed E-state index contributed by atoms with van der Waals surface area (Å²) in [5.41, 5.74) is 0.962. The van der Waals surface area contributed by atoms with E-state index >= 15 is 0 Å². The zero-order chi connectivity index (χ0) is 11.2. The molecule has 4 nitrogen and oxygen atoms in total. The van der Waals surface area contributed by atoms with Crippen molar-refractivity contribution in [2.24, 2.45) is 0 Å². The van der Waals surface area contributed by atoms with E-state index in [-0.39, 0.29) is 11.9 Å². The molecular weight excluding hydrogens is 202 g/mol. The average Bonchev–Trinajstić information content (AvgIpc) is 2.31. The van der Waals surface area contributed by atoms with E-state index < -0.39 is 0 Å². The number of aromatic nitrogens is 1. The van der Waals surface area contributed by atoms with E-state index in [1.54, 1.807) is 12.4 Å². The molecule has 1 amide bonds. The minimum absolute atomic E-state index is 0.0849. The monoisotopic (exact) mass is 219 g/mol. The first-order chi connectivity index (χ1) is 7.84. The molecule has 0 radical (unpaired) electrons. The summed E-state index contributed by atoms with van der Waals surface area (Å²) >= 11 is 0. The molecule has 4 heteroatoms. The van der Waals surface area contributed by atoms with E-state index in [0.717, 1.165) is 31.5 Å². The van der Waals surface area contributed by atoms with Gasteiger partial charge in [0.15, 0.2) is 0 Å². The van der Waals surface area contributed by atoms with Crippen molar-refractivity contribution < 1.29 is 4.79 Å². The van der Waals surface area contributed by atoms with Crippen molar-refractivity contribution in [2.45, 2.75) is 25.3 Å². The molecule has 0 bridgehead atoms. The predicted molar refractivity (Wildman–Crippen MR) is 62.0 cm³/mol. The van der Waals surface area contributed by atoms with Crippen molar-refractivity contribution in [1.82, 2.24) is 15.6 Å². The summed E-state index contributed by atoms with van der Waals surface area (Å²) in [6.07, 6.45) is 6.08. The summed E-state index contributed by atoms with van der Waals surface area (Å²) in [7, 11) is 0. The van der Waals surface area contributed by atoms with Crippen LogP contribution in [0.5, 0.6) is 0 Å². The molecule has 86 valence electrons. The van der Waals surface area contributed by atoms with Gasteiger partial charge in [-0.1, -0.05) is 6.07 Å². The fraction of sp³-hybridized carbons (Fsp3) is 0.500. The van der Waals surface area contributed by atoms with Crippen molar-refractivity contribution in [2.75, 3.05) is 13.1 Å². The summed E-state index contributed by atoms with van der Waals surface area (Å²) in [5, 5.41) is 6.32. The Hall–Kier alpha value is -1.42. The van der Waals surface area contributed by atoms with Gasteiger partial charge in [0.05, 0.1) is 6.42 Å². The molecule has 1 atom stereocenters. The Balaban J connectivity index is 1.80. The smallest absolute Gasteiger partial charge is 0.224 e. The van der Waals surface area contributed by atoms with Crippen LogP contribution in [0.2, 0.25) is 0 Å². The Labute approximate surface area is 95.5 Å². The molecule has 1 fully saturated rings. The first-order valence-electron chi connectivity index (χ1n) is 5.73. The summed E-state index contributed by atoms with van der Waals surface area (Å²) < 4.78 is 0. The molecule has 2 heterocycles. The lowest BCUT2D eigenvalue weighted by Crippen LogP contribution is -2.46. The van der Waals surface area contributed by atoms with Crippen molar-refractivity contribution >= 4 is 5.91 Å². The number of carbonyl (C=O) groups excluding carboxylic acids is 1. The predicted octanol–water partition coefficient (Wildman–Crippen LogP) is 0.492. The zero-order valence-electron chi connectivity index (χ0n) is 9.28. The standard InChI is InChI=1S/C12H17N3O/c16-12(7-10-3-1-5-13-8-10)15-11-4-2-6-14-9-11/h1,3,5,8,11,14H,2,4,6-7,9H2,(H,15,16)/t11-/m1/s1. The van der Waals surface area contributed by atoms with Crippen LogP contribution in [0.15, 0.2) is 24.5 Å². The Morgan fingerprint density at radius 1 is 1.62 bits per heavy atom. The SMILES string of the molecule is O=C(Cc1cccnc1)N[C@@H]1CCCNC1. The van der Waals surface area contributed by atoms with Gasteiger partial charge >= 0.3 is 0 Å². The van der Waals surface area contributed by atoms with Crippen LogP contribution in [0.4, 0.5) is 0 Å². The average molecular weight is 219 g/mol. The molecule has 2 N–H and O–H groups in total. The van der Waals surface area contributed by atoms with Crippen molar-refractivity contribution in [3.05, 3.63) is 30.1 Å². The first-order valence-corrected chi connectivity index (χ1v) is 5.73. The highest BCUT2D eigenvalue weighted by atomic mass is 16.1. The number of piperidine rings is 1. The van der Waals surface area contributed by atoms with E-state index in [1.165, 1.54) is 0 Å². The van der Waals surface area contributed by atoms with Gasteiger partial charge in [-0.15, -0.1) is 0 Å². The first kappa shape index (κ1) is 11.1. The van der Waals surface area contributed by atoms with E-state index in [2.05, 4.69) is 15.6 Å². The zero-order valence-corrected chi connectivity index (χ0v) is 9.28. The van der Waals surface area contributed by atoms with Crippen LogP contribution in [0.1, 0.15) is 18.4 Å². The van der Waals surface area contributed by atoms with Crippen molar-refractivity contribution in [3.63, 3.8) is 0 Å². The highest BCUT2D eigenvalue weighted by Crippen LogP contribution is 2.02. The maximum Gasteiger partial charge on any atom is 0.224 e. The Morgan fingerprint density at radius 3 is 3.25 bits per heavy atom. The van der Waals surface area contributed by atoms with Gasteiger partial charge in [-0.05, 0) is 31.0 Å². The normalized spacial score (nSPS) is 20.4. The second-order valence-corrected chi connectivity index (χ2v) is 4.15. The lowest BCUT2D eigenvalue weighted by atomic mass is 10.1. The van der Waals surface area contributed by atoms with Crippen molar-refractivity contribution in [3.8, 4) is 0 Å². The number of pyridine rings is 1. The minimum Gasteiger partial charge on any atom is -0.352 e. The molecule has 1 saturated heterocycles. The van der Waals surface area contributed by atoms with Crippen LogP contribution < -0.4 is 10.6 Å². The molecular formula is C12H17N3O. The number of hydrogen-bond donors (Lipinski definition) is 2. The third-order valence-electron chi connectivity index (χ3n) is 2.75. The summed E-state index contributed by atoms with van der Waals surface area (Å²) in [6.45, 7) is 1.95. The van der Waals surface area contributed by atoms with E-state index in [9.17, 15) is 4.79 Å². The van der Waals surface area contributed by atoms with Gasteiger partial charge in [-0.2, -0.15) is 0 Å². The van der Waals surface area contributed by atoms with Gasteiger partial charge in [0.1, 0.15) is 0 Å². The van der Waals surface area contributed by atoms with E-state index in [4.69, 9.17) is 0 Å². The number of hydrogen-bond acceptors (Lipinski definition) is 3. The fourth-order valence-electron chi connectivity index (χ4n) is 1.94. The van der Waals surface area contributed by atoms with E-state index in [1.807, 2.05) is 12.1 Å². The van der Waals surface area contributed by atoms with Crippen LogP contribution >= 0.6 is 0 Å². The molecule has 1 aliphatic heterocycles. The summed E-state index contributed by atoms with van der Waals surface area (Å²) in [4.78, 5) is 15.7. The summed E-state index contributed by atoms with van der Waals surface area (Å²) in [5.74, 6) is 0.0849. The molecule has 1 aromatic heterocycles. The topological polar surface area (TPSA) is 54.0 Å². The third-order valence-corrected chi connectivity index (χ3v) is 2.75. The van der Waals surface area contributed by atoms with Gasteiger partial charge in [0.25, 0.3) is 0 Å². The van der Waals surface area contributed by atoms with Crippen LogP contribution in [0.25, 0.3) is 0 Å². The second-order valence-electron chi connectivity index (χ2n) is 4.15. The van der Waals surface area contributed by atoms with Crippen LogP contribution in [-0.4, -0.2) is 30.0 Å². The molecule has 0 spiro atoms. The second kappa shape index (κ2) is 5.61. The molecule has 1 aromatic rings. The van der Waals surface area contributed by atoms with Gasteiger partial charge in [0, 0.05) is 25.0 Å². The lowest BCUT2D eigenvalue weighted by Gasteiger charge is -2.23. The molecule has 1 aliphatic rings. The Bertz CT molecular complexity index is 333. The molecule has 0 unspecified atom stereocenters. The van der Waals surface area contributed by atoms with Gasteiger partial charge in [-0.3, -0.25) is 9.78 Å². The number of amides is 1. The number of rotatable bonds is 3. The number of carbonyl (C=O) groups is 1. The van der Waals surface area contributed by atoms with Crippen LogP contribution in [0.3, 0.4) is 0 Å². The number of nitrogens with one attached hydrogen (secondary N) is 2. The summed E-state index contributed by atoms with van der Waals surface area (Å²) in [6, 6.07) is 4.06. The molecule has 2 rings (SSSR count). The van der Waals surface area contributed by atoms with Gasteiger partial charge in [0.2, 0.25) is 5.91 Å².